The molecule has 0 radical (unpaired) electrons. The van der Waals surface area contributed by atoms with Crippen molar-refractivity contribution in [3.63, 3.8) is 0 Å². The third-order valence-corrected chi connectivity index (χ3v) is 4.48. The molecule has 1 aromatic heterocycles. The minimum atomic E-state index is -0.744. The Kier molecular flexibility index (Phi) is 4.44. The zero-order valence-corrected chi connectivity index (χ0v) is 13.2. The minimum Gasteiger partial charge on any atom is -0.205 e. The van der Waals surface area contributed by atoms with Crippen molar-refractivity contribution in [2.45, 2.75) is 19.3 Å². The lowest BCUT2D eigenvalue weighted by Crippen LogP contribution is -1.89. The molecule has 1 aliphatic rings. The van der Waals surface area contributed by atoms with Gasteiger partial charge in [0.1, 0.15) is 11.6 Å². The molecule has 0 unspecified atom stereocenters. The maximum Gasteiger partial charge on any atom is 0.143 e. The van der Waals surface area contributed by atoms with Crippen LogP contribution in [0, 0.1) is 29.4 Å². The highest BCUT2D eigenvalue weighted by molar-refractivity contribution is 7.78. The Bertz CT molecular complexity index is 796. The first-order valence-electron chi connectivity index (χ1n) is 6.83. The summed E-state index contributed by atoms with van der Waals surface area (Å²) >= 11 is 6.00. The van der Waals surface area contributed by atoms with Crippen LogP contribution in [0.15, 0.2) is 29.3 Å². The fraction of sp³-hybridized carbons (Fsp3) is 0.235. The van der Waals surface area contributed by atoms with Crippen molar-refractivity contribution in [3.05, 3.63) is 51.2 Å². The second-order valence-corrected chi connectivity index (χ2v) is 6.50. The second kappa shape index (κ2) is 6.50. The van der Waals surface area contributed by atoms with Crippen molar-refractivity contribution in [1.82, 2.24) is 0 Å². The van der Waals surface area contributed by atoms with Crippen LogP contribution in [-0.2, 0) is 6.42 Å². The number of halogens is 2. The van der Waals surface area contributed by atoms with Crippen LogP contribution in [0.5, 0.6) is 0 Å². The molecular formula is C17H11F2NS2. The summed E-state index contributed by atoms with van der Waals surface area (Å²) in [6, 6.07) is 6.13. The zero-order chi connectivity index (χ0) is 15.5. The van der Waals surface area contributed by atoms with Crippen LogP contribution in [0.4, 0.5) is 14.5 Å². The van der Waals surface area contributed by atoms with Crippen LogP contribution < -0.4 is 0 Å². The molecule has 1 nitrogen and oxygen atoms in total. The van der Waals surface area contributed by atoms with E-state index < -0.39 is 11.6 Å². The number of thiocarbonyl (C=S) groups is 1. The highest BCUT2D eigenvalue weighted by atomic mass is 32.1. The van der Waals surface area contributed by atoms with Gasteiger partial charge in [-0.3, -0.25) is 0 Å². The van der Waals surface area contributed by atoms with Crippen LogP contribution in [0.3, 0.4) is 0 Å². The van der Waals surface area contributed by atoms with Crippen molar-refractivity contribution in [3.8, 4) is 11.8 Å². The first-order chi connectivity index (χ1) is 10.7. The molecule has 0 N–H and O–H groups in total. The summed E-state index contributed by atoms with van der Waals surface area (Å²) in [5.41, 5.74) is -0.154. The Balaban J connectivity index is 1.83. The molecule has 3 rings (SSSR count). The van der Waals surface area contributed by atoms with Crippen molar-refractivity contribution >= 4 is 34.4 Å². The molecule has 0 bridgehead atoms. The molecule has 0 saturated heterocycles. The predicted octanol–water partition coefficient (Wildman–Crippen LogP) is 5.11. The molecule has 0 atom stereocenters. The number of thiophene rings is 1. The number of hydrogen-bond donors (Lipinski definition) is 0. The lowest BCUT2D eigenvalue weighted by Gasteiger charge is -1.98. The number of isothiocyanates is 1. The summed E-state index contributed by atoms with van der Waals surface area (Å²) in [6.07, 6.45) is 3.68. The molecule has 1 fully saturated rings. The van der Waals surface area contributed by atoms with E-state index in [1.165, 1.54) is 17.7 Å². The Morgan fingerprint density at radius 3 is 2.55 bits per heavy atom. The molecule has 1 aliphatic carbocycles. The van der Waals surface area contributed by atoms with E-state index in [0.29, 0.717) is 0 Å². The van der Waals surface area contributed by atoms with Gasteiger partial charge in [0.05, 0.1) is 21.3 Å². The van der Waals surface area contributed by atoms with Crippen LogP contribution in [0.2, 0.25) is 0 Å². The van der Waals surface area contributed by atoms with Gasteiger partial charge in [-0.15, -0.1) is 11.3 Å². The van der Waals surface area contributed by atoms with E-state index >= 15 is 0 Å². The number of aliphatic imine (C=N–C) groups is 1. The van der Waals surface area contributed by atoms with Gasteiger partial charge >= 0.3 is 0 Å². The van der Waals surface area contributed by atoms with E-state index in [4.69, 9.17) is 0 Å². The van der Waals surface area contributed by atoms with E-state index in [-0.39, 0.29) is 11.3 Å². The second-order valence-electron chi connectivity index (χ2n) is 5.15. The maximum absolute atomic E-state index is 13.9. The highest BCUT2D eigenvalue weighted by Crippen LogP contribution is 2.34. The fourth-order valence-electron chi connectivity index (χ4n) is 2.08. The number of nitrogens with zero attached hydrogens (tertiary/aromatic N) is 1. The summed E-state index contributed by atoms with van der Waals surface area (Å²) in [6.45, 7) is 0. The summed E-state index contributed by atoms with van der Waals surface area (Å²) in [5.74, 6) is 4.72. The third kappa shape index (κ3) is 3.66. The molecule has 22 heavy (non-hydrogen) atoms. The molecule has 5 heteroatoms. The first-order valence-corrected chi connectivity index (χ1v) is 8.06. The van der Waals surface area contributed by atoms with Gasteiger partial charge in [0, 0.05) is 17.0 Å². The Hall–Kier alpha value is -1.86. The fourth-order valence-corrected chi connectivity index (χ4v) is 3.16. The van der Waals surface area contributed by atoms with Crippen LogP contribution >= 0.6 is 23.6 Å². The largest absolute Gasteiger partial charge is 0.205 e. The van der Waals surface area contributed by atoms with Crippen LogP contribution in [0.1, 0.15) is 28.2 Å². The van der Waals surface area contributed by atoms with Crippen LogP contribution in [0.25, 0.3) is 0 Å². The molecule has 1 heterocycles. The van der Waals surface area contributed by atoms with Gasteiger partial charge in [-0.1, -0.05) is 11.8 Å². The third-order valence-electron chi connectivity index (χ3n) is 3.36. The highest BCUT2D eigenvalue weighted by Gasteiger charge is 2.21. The standard InChI is InChI=1S/C17H11F2NS2/c18-16-8-12(20-10-21)9-17(19)15(16)6-5-13-3-4-14(22-13)7-11-1-2-11/h3-4,8-9,11H,1-2,7H2. The lowest BCUT2D eigenvalue weighted by atomic mass is 10.2. The molecule has 0 aliphatic heterocycles. The molecule has 1 aromatic carbocycles. The van der Waals surface area contributed by atoms with Crippen molar-refractivity contribution < 1.29 is 8.78 Å². The van der Waals surface area contributed by atoms with Gasteiger partial charge in [-0.05, 0) is 49.5 Å². The maximum atomic E-state index is 13.9. The molecule has 0 spiro atoms. The van der Waals surface area contributed by atoms with Crippen molar-refractivity contribution in [2.75, 3.05) is 0 Å². The van der Waals surface area contributed by atoms with E-state index in [2.05, 4.69) is 34.2 Å². The minimum absolute atomic E-state index is 0.0957. The summed E-state index contributed by atoms with van der Waals surface area (Å²) in [7, 11) is 0. The average molecular weight is 331 g/mol. The molecular weight excluding hydrogens is 320 g/mol. The van der Waals surface area contributed by atoms with Gasteiger partial charge in [0.25, 0.3) is 0 Å². The quantitative estimate of drug-likeness (QED) is 0.432. The first kappa shape index (κ1) is 15.1. The normalized spacial score (nSPS) is 13.2. The predicted molar refractivity (Wildman–Crippen MR) is 87.8 cm³/mol. The average Bonchev–Trinajstić information content (AvgIpc) is 3.16. The van der Waals surface area contributed by atoms with E-state index in [9.17, 15) is 8.78 Å². The Labute approximate surface area is 136 Å². The van der Waals surface area contributed by atoms with Gasteiger partial charge in [-0.25, -0.2) is 8.78 Å². The molecule has 2 aromatic rings. The van der Waals surface area contributed by atoms with E-state index in [1.54, 1.807) is 11.3 Å². The van der Waals surface area contributed by atoms with Gasteiger partial charge < -0.3 is 0 Å². The van der Waals surface area contributed by atoms with E-state index in [1.807, 2.05) is 12.1 Å². The van der Waals surface area contributed by atoms with Crippen molar-refractivity contribution in [1.29, 1.82) is 0 Å². The van der Waals surface area contributed by atoms with Gasteiger partial charge in [0.2, 0.25) is 0 Å². The molecule has 1 saturated carbocycles. The Morgan fingerprint density at radius 2 is 1.91 bits per heavy atom. The zero-order valence-electron chi connectivity index (χ0n) is 11.5. The smallest absolute Gasteiger partial charge is 0.143 e. The SMILES string of the molecule is Fc1cc(N=C=S)cc(F)c1C#Cc1ccc(CC2CC2)s1. The topological polar surface area (TPSA) is 12.4 Å². The summed E-state index contributed by atoms with van der Waals surface area (Å²) in [4.78, 5) is 5.65. The van der Waals surface area contributed by atoms with Crippen LogP contribution in [-0.4, -0.2) is 5.16 Å². The van der Waals surface area contributed by atoms with Gasteiger partial charge in [0.15, 0.2) is 0 Å². The molecule has 0 amide bonds. The summed E-state index contributed by atoms with van der Waals surface area (Å²) in [5, 5.41) is 2.08. The number of benzene rings is 1. The number of hydrogen-bond acceptors (Lipinski definition) is 3. The van der Waals surface area contributed by atoms with Gasteiger partial charge in [-0.2, -0.15) is 4.99 Å². The summed E-state index contributed by atoms with van der Waals surface area (Å²) < 4.78 is 27.7. The molecule has 110 valence electrons. The lowest BCUT2D eigenvalue weighted by molar-refractivity contribution is 0.578. The van der Waals surface area contributed by atoms with Crippen molar-refractivity contribution in [2.24, 2.45) is 10.9 Å². The van der Waals surface area contributed by atoms with E-state index in [0.717, 1.165) is 29.3 Å². The monoisotopic (exact) mass is 331 g/mol. The Morgan fingerprint density at radius 1 is 1.18 bits per heavy atom. The number of rotatable bonds is 3.